The second-order valence-electron chi connectivity index (χ2n) is 3.37. The summed E-state index contributed by atoms with van der Waals surface area (Å²) in [5.41, 5.74) is 3.26. The van der Waals surface area contributed by atoms with Crippen LogP contribution in [0.25, 0.3) is 10.9 Å². The molecule has 3 heteroatoms. The lowest BCUT2D eigenvalue weighted by Gasteiger charge is -1.97. The van der Waals surface area contributed by atoms with Crippen molar-refractivity contribution in [1.29, 1.82) is 0 Å². The fraction of sp³-hybridized carbons (Fsp3) is 0.250. The highest BCUT2D eigenvalue weighted by Gasteiger charge is 2.00. The standard InChI is InChI=1S/C12H11ClN2/c1-9-6-12-11(8-14-15-12)7-10(9)4-2-3-5-13/h6-8H,3,5H2,1H3,(H,14,15). The van der Waals surface area contributed by atoms with Crippen molar-refractivity contribution >= 4 is 22.5 Å². The van der Waals surface area contributed by atoms with Gasteiger partial charge in [-0.25, -0.2) is 0 Å². The van der Waals surface area contributed by atoms with Gasteiger partial charge in [0.15, 0.2) is 0 Å². The molecule has 1 aromatic carbocycles. The number of alkyl halides is 1. The number of rotatable bonds is 1. The van der Waals surface area contributed by atoms with Crippen molar-refractivity contribution in [3.63, 3.8) is 0 Å². The topological polar surface area (TPSA) is 28.7 Å². The van der Waals surface area contributed by atoms with Crippen molar-refractivity contribution in [2.75, 3.05) is 5.88 Å². The van der Waals surface area contributed by atoms with Crippen LogP contribution in [-0.4, -0.2) is 16.1 Å². The van der Waals surface area contributed by atoms with E-state index in [9.17, 15) is 0 Å². The zero-order valence-electron chi connectivity index (χ0n) is 8.47. The van der Waals surface area contributed by atoms with Gasteiger partial charge >= 0.3 is 0 Å². The molecule has 15 heavy (non-hydrogen) atoms. The predicted octanol–water partition coefficient (Wildman–Crippen LogP) is 2.85. The van der Waals surface area contributed by atoms with Crippen LogP contribution in [0, 0.1) is 18.8 Å². The Kier molecular flexibility index (Phi) is 2.94. The van der Waals surface area contributed by atoms with Crippen LogP contribution < -0.4 is 0 Å². The largest absolute Gasteiger partial charge is 0.278 e. The van der Waals surface area contributed by atoms with Crippen LogP contribution >= 0.6 is 11.6 Å². The minimum atomic E-state index is 0.583. The van der Waals surface area contributed by atoms with Gasteiger partial charge in [0.05, 0.1) is 11.7 Å². The molecule has 0 atom stereocenters. The van der Waals surface area contributed by atoms with E-state index in [0.717, 1.165) is 28.5 Å². The molecule has 2 aromatic rings. The summed E-state index contributed by atoms with van der Waals surface area (Å²) in [6.07, 6.45) is 2.53. The molecule has 0 spiro atoms. The lowest BCUT2D eigenvalue weighted by molar-refractivity contribution is 1.12. The summed E-state index contributed by atoms with van der Waals surface area (Å²) in [5, 5.41) is 8.01. The Balaban J connectivity index is 2.43. The highest BCUT2D eigenvalue weighted by molar-refractivity contribution is 6.18. The van der Waals surface area contributed by atoms with Gasteiger partial charge in [0.25, 0.3) is 0 Å². The lowest BCUT2D eigenvalue weighted by atomic mass is 10.1. The molecule has 0 unspecified atom stereocenters. The zero-order chi connectivity index (χ0) is 10.7. The molecule has 0 saturated carbocycles. The fourth-order valence-electron chi connectivity index (χ4n) is 1.44. The summed E-state index contributed by atoms with van der Waals surface area (Å²) in [4.78, 5) is 0. The molecule has 76 valence electrons. The van der Waals surface area contributed by atoms with Crippen molar-refractivity contribution in [1.82, 2.24) is 10.2 Å². The van der Waals surface area contributed by atoms with E-state index >= 15 is 0 Å². The molecule has 2 nitrogen and oxygen atoms in total. The highest BCUT2D eigenvalue weighted by Crippen LogP contribution is 2.16. The van der Waals surface area contributed by atoms with Crippen LogP contribution in [0.3, 0.4) is 0 Å². The summed E-state index contributed by atoms with van der Waals surface area (Å²) in [6.45, 7) is 2.05. The Morgan fingerprint density at radius 3 is 3.13 bits per heavy atom. The summed E-state index contributed by atoms with van der Waals surface area (Å²) in [5.74, 6) is 6.74. The molecule has 1 N–H and O–H groups in total. The molecule has 0 aliphatic carbocycles. The van der Waals surface area contributed by atoms with Crippen molar-refractivity contribution in [3.8, 4) is 11.8 Å². The first-order valence-electron chi connectivity index (χ1n) is 4.80. The van der Waals surface area contributed by atoms with Crippen LogP contribution in [0.1, 0.15) is 17.5 Å². The zero-order valence-corrected chi connectivity index (χ0v) is 9.23. The SMILES string of the molecule is Cc1cc2[nH]ncc2cc1C#CCCCl. The molecule has 1 aromatic heterocycles. The Labute approximate surface area is 93.6 Å². The van der Waals surface area contributed by atoms with E-state index in [-0.39, 0.29) is 0 Å². The minimum Gasteiger partial charge on any atom is -0.278 e. The molecule has 0 amide bonds. The number of fused-ring (bicyclic) bond motifs is 1. The minimum absolute atomic E-state index is 0.583. The molecular weight excluding hydrogens is 208 g/mol. The molecule has 0 radical (unpaired) electrons. The maximum absolute atomic E-state index is 5.57. The number of aromatic nitrogens is 2. The first kappa shape index (κ1) is 10.1. The van der Waals surface area contributed by atoms with E-state index in [0.29, 0.717) is 5.88 Å². The van der Waals surface area contributed by atoms with Crippen molar-refractivity contribution < 1.29 is 0 Å². The van der Waals surface area contributed by atoms with Gasteiger partial charge in [-0.3, -0.25) is 5.10 Å². The van der Waals surface area contributed by atoms with E-state index in [1.165, 1.54) is 0 Å². The lowest BCUT2D eigenvalue weighted by Crippen LogP contribution is -1.82. The fourth-order valence-corrected chi connectivity index (χ4v) is 1.53. The average Bonchev–Trinajstić information content (AvgIpc) is 2.65. The number of hydrogen-bond donors (Lipinski definition) is 1. The van der Waals surface area contributed by atoms with Crippen LogP contribution in [0.15, 0.2) is 18.3 Å². The third kappa shape index (κ3) is 2.14. The third-order valence-electron chi connectivity index (χ3n) is 2.23. The number of aryl methyl sites for hydroxylation is 1. The average molecular weight is 219 g/mol. The van der Waals surface area contributed by atoms with Crippen LogP contribution in [0.5, 0.6) is 0 Å². The van der Waals surface area contributed by atoms with Crippen molar-refractivity contribution in [2.24, 2.45) is 0 Å². The third-order valence-corrected chi connectivity index (χ3v) is 2.42. The Hall–Kier alpha value is -1.46. The van der Waals surface area contributed by atoms with Crippen molar-refractivity contribution in [3.05, 3.63) is 29.5 Å². The summed E-state index contributed by atoms with van der Waals surface area (Å²) in [6, 6.07) is 4.11. The quantitative estimate of drug-likeness (QED) is 0.579. The second-order valence-corrected chi connectivity index (χ2v) is 3.74. The maximum Gasteiger partial charge on any atom is 0.0653 e. The number of halogens is 1. The number of nitrogens with zero attached hydrogens (tertiary/aromatic N) is 1. The highest BCUT2D eigenvalue weighted by atomic mass is 35.5. The van der Waals surface area contributed by atoms with Gasteiger partial charge < -0.3 is 0 Å². The molecule has 0 saturated heterocycles. The molecule has 1 heterocycles. The monoisotopic (exact) mass is 218 g/mol. The molecular formula is C12H11ClN2. The molecule has 0 aliphatic rings. The van der Waals surface area contributed by atoms with Gasteiger partial charge in [-0.1, -0.05) is 11.8 Å². The van der Waals surface area contributed by atoms with Crippen LogP contribution in [-0.2, 0) is 0 Å². The smallest absolute Gasteiger partial charge is 0.0653 e. The first-order chi connectivity index (χ1) is 7.31. The number of H-pyrrole nitrogens is 1. The molecule has 0 bridgehead atoms. The molecule has 2 rings (SSSR count). The summed E-state index contributed by atoms with van der Waals surface area (Å²) < 4.78 is 0. The van der Waals surface area contributed by atoms with E-state index in [2.05, 4.69) is 34.2 Å². The molecule has 0 aliphatic heterocycles. The van der Waals surface area contributed by atoms with Crippen molar-refractivity contribution in [2.45, 2.75) is 13.3 Å². The van der Waals surface area contributed by atoms with Crippen LogP contribution in [0.2, 0.25) is 0 Å². The Morgan fingerprint density at radius 2 is 2.33 bits per heavy atom. The Morgan fingerprint density at radius 1 is 1.47 bits per heavy atom. The van der Waals surface area contributed by atoms with Gasteiger partial charge in [-0.2, -0.15) is 5.10 Å². The normalized spacial score (nSPS) is 10.0. The summed E-state index contributed by atoms with van der Waals surface area (Å²) >= 11 is 5.57. The van der Waals surface area contributed by atoms with Gasteiger partial charge in [0.2, 0.25) is 0 Å². The number of aromatic amines is 1. The summed E-state index contributed by atoms with van der Waals surface area (Å²) in [7, 11) is 0. The van der Waals surface area contributed by atoms with E-state index in [1.54, 1.807) is 0 Å². The van der Waals surface area contributed by atoms with Crippen LogP contribution in [0.4, 0.5) is 0 Å². The number of nitrogens with one attached hydrogen (secondary N) is 1. The van der Waals surface area contributed by atoms with E-state index in [4.69, 9.17) is 11.6 Å². The van der Waals surface area contributed by atoms with E-state index in [1.807, 2.05) is 13.1 Å². The van der Waals surface area contributed by atoms with Gasteiger partial charge in [-0.15, -0.1) is 11.6 Å². The maximum atomic E-state index is 5.57. The van der Waals surface area contributed by atoms with E-state index < -0.39 is 0 Å². The van der Waals surface area contributed by atoms with Gasteiger partial charge in [0, 0.05) is 23.3 Å². The Bertz CT molecular complexity index is 531. The number of hydrogen-bond acceptors (Lipinski definition) is 1. The first-order valence-corrected chi connectivity index (χ1v) is 5.33. The predicted molar refractivity (Wildman–Crippen MR) is 63.0 cm³/mol. The van der Waals surface area contributed by atoms with Gasteiger partial charge in [0.1, 0.15) is 0 Å². The van der Waals surface area contributed by atoms with Gasteiger partial charge in [-0.05, 0) is 24.6 Å². The second kappa shape index (κ2) is 4.37. The molecule has 0 fully saturated rings. The number of benzene rings is 1.